The minimum atomic E-state index is -0.0888. The topological polar surface area (TPSA) is 80.9 Å². The van der Waals surface area contributed by atoms with Gasteiger partial charge in [0.1, 0.15) is 0 Å². The van der Waals surface area contributed by atoms with Gasteiger partial charge in [0.05, 0.1) is 25.5 Å². The number of aromatic amines is 1. The van der Waals surface area contributed by atoms with Crippen LogP contribution in [0.3, 0.4) is 0 Å². The number of hydrogen-bond acceptors (Lipinski definition) is 8. The number of aromatic nitrogens is 1. The summed E-state index contributed by atoms with van der Waals surface area (Å²) in [5.41, 5.74) is 3.86. The van der Waals surface area contributed by atoms with Crippen LogP contribution in [0.25, 0.3) is 11.3 Å². The van der Waals surface area contributed by atoms with Crippen molar-refractivity contribution in [2.24, 2.45) is 0 Å². The van der Waals surface area contributed by atoms with Crippen molar-refractivity contribution in [3.8, 4) is 11.3 Å². The normalized spacial score (nSPS) is 17.5. The van der Waals surface area contributed by atoms with Crippen LogP contribution in [0.4, 0.5) is 11.4 Å². The van der Waals surface area contributed by atoms with Crippen molar-refractivity contribution in [3.63, 3.8) is 0 Å². The highest BCUT2D eigenvalue weighted by Crippen LogP contribution is 2.52. The molecule has 3 aliphatic heterocycles. The third-order valence-electron chi connectivity index (χ3n) is 7.52. The highest BCUT2D eigenvalue weighted by atomic mass is 32.2. The first kappa shape index (κ1) is 27.3. The summed E-state index contributed by atoms with van der Waals surface area (Å²) in [5, 5.41) is 3.71. The van der Waals surface area contributed by atoms with Crippen LogP contribution < -0.4 is 15.8 Å². The number of anilines is 2. The van der Waals surface area contributed by atoms with Crippen molar-refractivity contribution < 1.29 is 9.53 Å². The lowest BCUT2D eigenvalue weighted by molar-refractivity contribution is -0.132. The first-order chi connectivity index (χ1) is 19.4. The molecule has 1 amide bonds. The van der Waals surface area contributed by atoms with Gasteiger partial charge in [-0.25, -0.2) is 0 Å². The van der Waals surface area contributed by atoms with Gasteiger partial charge < -0.3 is 29.7 Å². The van der Waals surface area contributed by atoms with E-state index >= 15 is 0 Å². The van der Waals surface area contributed by atoms with Gasteiger partial charge in [-0.1, -0.05) is 35.7 Å². The van der Waals surface area contributed by atoms with Crippen LogP contribution in [0, 0.1) is 0 Å². The Hall–Kier alpha value is -2.92. The molecule has 8 nitrogen and oxygen atoms in total. The number of rotatable bonds is 6. The van der Waals surface area contributed by atoms with Crippen molar-refractivity contribution in [1.82, 2.24) is 14.8 Å². The fourth-order valence-corrected chi connectivity index (χ4v) is 7.87. The van der Waals surface area contributed by atoms with E-state index in [-0.39, 0.29) is 11.5 Å². The first-order valence-corrected chi connectivity index (χ1v) is 15.5. The molecule has 6 rings (SSSR count). The third-order valence-corrected chi connectivity index (χ3v) is 10.1. The zero-order valence-corrected chi connectivity index (χ0v) is 24.6. The van der Waals surface area contributed by atoms with E-state index in [1.807, 2.05) is 23.9 Å². The van der Waals surface area contributed by atoms with Crippen molar-refractivity contribution in [1.29, 1.82) is 0 Å². The molecule has 0 unspecified atom stereocenters. The van der Waals surface area contributed by atoms with E-state index in [2.05, 4.69) is 57.7 Å². The molecule has 2 saturated heterocycles. The molecule has 2 fully saturated rings. The Bertz CT molecular complexity index is 1450. The first-order valence-electron chi connectivity index (χ1n) is 13.8. The predicted octanol–water partition coefficient (Wildman–Crippen LogP) is 4.46. The second kappa shape index (κ2) is 11.9. The van der Waals surface area contributed by atoms with Crippen LogP contribution in [0.5, 0.6) is 0 Å². The van der Waals surface area contributed by atoms with Crippen LogP contribution >= 0.6 is 23.5 Å². The van der Waals surface area contributed by atoms with Gasteiger partial charge in [-0.15, -0.1) is 0 Å². The summed E-state index contributed by atoms with van der Waals surface area (Å²) in [6.07, 6.45) is 1.90. The smallest absolute Gasteiger partial charge is 0.250 e. The maximum atomic E-state index is 12.6. The number of fused-ring (bicyclic) bond motifs is 2. The predicted molar refractivity (Wildman–Crippen MR) is 162 cm³/mol. The van der Waals surface area contributed by atoms with Crippen LogP contribution in [-0.2, 0) is 9.53 Å². The minimum absolute atomic E-state index is 0.0888. The number of nitrogens with zero attached hydrogens (tertiary/aromatic N) is 3. The number of carbonyl (C=O) groups is 1. The van der Waals surface area contributed by atoms with Gasteiger partial charge in [0.25, 0.3) is 0 Å². The van der Waals surface area contributed by atoms with E-state index in [0.29, 0.717) is 25.8 Å². The van der Waals surface area contributed by atoms with Crippen molar-refractivity contribution in [3.05, 3.63) is 58.9 Å². The van der Waals surface area contributed by atoms with Crippen LogP contribution in [-0.4, -0.2) is 86.8 Å². The van der Waals surface area contributed by atoms with Gasteiger partial charge in [0.2, 0.25) is 11.5 Å². The zero-order valence-electron chi connectivity index (χ0n) is 22.9. The number of carbonyl (C=O) groups excluding carboxylic acids is 1. The summed E-state index contributed by atoms with van der Waals surface area (Å²) in [6.45, 7) is 5.00. The van der Waals surface area contributed by atoms with E-state index in [0.717, 1.165) is 61.7 Å². The van der Waals surface area contributed by atoms with Crippen LogP contribution in [0.15, 0.2) is 72.9 Å². The number of amides is 1. The van der Waals surface area contributed by atoms with E-state index in [1.165, 1.54) is 19.6 Å². The molecule has 0 radical (unpaired) electrons. The highest BCUT2D eigenvalue weighted by Gasteiger charge is 2.25. The van der Waals surface area contributed by atoms with Gasteiger partial charge in [0, 0.05) is 74.8 Å². The second-order valence-corrected chi connectivity index (χ2v) is 12.9. The number of piperidine rings is 1. The number of nitrogens with one attached hydrogen (secondary N) is 2. The van der Waals surface area contributed by atoms with Gasteiger partial charge in [0.15, 0.2) is 0 Å². The summed E-state index contributed by atoms with van der Waals surface area (Å²) in [4.78, 5) is 39.0. The van der Waals surface area contributed by atoms with Crippen molar-refractivity contribution >= 4 is 40.8 Å². The molecule has 210 valence electrons. The van der Waals surface area contributed by atoms with Crippen molar-refractivity contribution in [2.75, 3.05) is 70.2 Å². The lowest BCUT2D eigenvalue weighted by Gasteiger charge is -2.33. The fourth-order valence-electron chi connectivity index (χ4n) is 5.46. The van der Waals surface area contributed by atoms with E-state index in [9.17, 15) is 9.59 Å². The Balaban J connectivity index is 1.16. The lowest BCUT2D eigenvalue weighted by atomic mass is 10.0. The zero-order chi connectivity index (χ0) is 27.6. The molecule has 0 spiro atoms. The molecular formula is C30H35N5O3S2. The lowest BCUT2D eigenvalue weighted by Crippen LogP contribution is -2.45. The number of ether oxygens (including phenoxy) is 1. The average Bonchev–Trinajstić information content (AvgIpc) is 2.96. The number of morpholine rings is 1. The third kappa shape index (κ3) is 6.05. The molecule has 4 heterocycles. The molecule has 2 N–H and O–H groups in total. The summed E-state index contributed by atoms with van der Waals surface area (Å²) in [6, 6.07) is 17.0. The van der Waals surface area contributed by atoms with E-state index in [1.54, 1.807) is 29.6 Å². The largest absolute Gasteiger partial charge is 0.382 e. The standard InChI is InChI=1S/C30H35N5O3S2/c1-33(2)19-29(37)35-10-8-20(9-11-35)31-21-6-7-25-27(16-21)39-26-5-3-4-23(30(26)40-25)24-17-22(18-28(36)32-24)34-12-14-38-15-13-34/h3-7,16-18,20,31H,8-15,19H2,1-2H3,(H,32,36). The Morgan fingerprint density at radius 2 is 1.80 bits per heavy atom. The Morgan fingerprint density at radius 1 is 1.00 bits per heavy atom. The number of likely N-dealkylation sites (N-methyl/N-ethyl adjacent to an activating group) is 1. The molecule has 0 bridgehead atoms. The average molecular weight is 578 g/mol. The molecule has 0 saturated carbocycles. The molecular weight excluding hydrogens is 542 g/mol. The van der Waals surface area contributed by atoms with Crippen LogP contribution in [0.2, 0.25) is 0 Å². The number of likely N-dealkylation sites (tertiary alicyclic amines) is 1. The SMILES string of the molecule is CN(C)CC(=O)N1CCC(Nc2ccc3c(c2)Sc2cccc(-c4cc(N5CCOCC5)cc(=O)[nH]4)c2S3)CC1. The maximum Gasteiger partial charge on any atom is 0.250 e. The Morgan fingerprint density at radius 3 is 2.58 bits per heavy atom. The fraction of sp³-hybridized carbons (Fsp3) is 0.400. The van der Waals surface area contributed by atoms with Crippen LogP contribution in [0.1, 0.15) is 12.8 Å². The van der Waals surface area contributed by atoms with Gasteiger partial charge in [-0.05, 0) is 57.3 Å². The van der Waals surface area contributed by atoms with E-state index < -0.39 is 0 Å². The monoisotopic (exact) mass is 577 g/mol. The Kier molecular flexibility index (Phi) is 8.11. The van der Waals surface area contributed by atoms with E-state index in [4.69, 9.17) is 4.74 Å². The quantitative estimate of drug-likeness (QED) is 0.348. The van der Waals surface area contributed by atoms with Gasteiger partial charge >= 0.3 is 0 Å². The molecule has 2 aromatic carbocycles. The number of hydrogen-bond donors (Lipinski definition) is 2. The molecule has 3 aromatic rings. The maximum absolute atomic E-state index is 12.6. The summed E-state index contributed by atoms with van der Waals surface area (Å²) in [5.74, 6) is 0.209. The molecule has 10 heteroatoms. The van der Waals surface area contributed by atoms with Gasteiger partial charge in [-0.3, -0.25) is 9.59 Å². The second-order valence-electron chi connectivity index (χ2n) is 10.8. The molecule has 0 aliphatic carbocycles. The molecule has 0 atom stereocenters. The number of benzene rings is 2. The number of pyridine rings is 1. The summed E-state index contributed by atoms with van der Waals surface area (Å²) in [7, 11) is 3.87. The Labute approximate surface area is 243 Å². The number of H-pyrrole nitrogens is 1. The molecule has 1 aromatic heterocycles. The highest BCUT2D eigenvalue weighted by molar-refractivity contribution is 8.05. The minimum Gasteiger partial charge on any atom is -0.382 e. The van der Waals surface area contributed by atoms with Gasteiger partial charge in [-0.2, -0.15) is 0 Å². The summed E-state index contributed by atoms with van der Waals surface area (Å²) >= 11 is 3.54. The molecule has 40 heavy (non-hydrogen) atoms. The van der Waals surface area contributed by atoms with Crippen molar-refractivity contribution in [2.45, 2.75) is 38.5 Å². The molecule has 3 aliphatic rings. The summed E-state index contributed by atoms with van der Waals surface area (Å²) < 4.78 is 5.50.